The second-order valence-corrected chi connectivity index (χ2v) is 6.43. The fraction of sp³-hybridized carbons (Fsp3) is 0.450. The second-order valence-electron chi connectivity index (χ2n) is 6.43. The molecule has 1 aliphatic heterocycles. The van der Waals surface area contributed by atoms with Gasteiger partial charge in [-0.05, 0) is 23.3 Å². The summed E-state index contributed by atoms with van der Waals surface area (Å²) < 4.78 is 7.60. The Morgan fingerprint density at radius 3 is 2.50 bits per heavy atom. The first kappa shape index (κ1) is 18.5. The van der Waals surface area contributed by atoms with Crippen LogP contribution in [-0.2, 0) is 24.4 Å². The summed E-state index contributed by atoms with van der Waals surface area (Å²) in [5.41, 5.74) is 2.68. The maximum atomic E-state index is 5.45. The Morgan fingerprint density at radius 1 is 1.04 bits per heavy atom. The summed E-state index contributed by atoms with van der Waals surface area (Å²) in [6, 6.07) is 12.7. The Labute approximate surface area is 155 Å². The normalized spacial score (nSPS) is 15.8. The molecular formula is C20H29N5O. The molecule has 0 atom stereocenters. The summed E-state index contributed by atoms with van der Waals surface area (Å²) in [4.78, 5) is 6.78. The van der Waals surface area contributed by atoms with Crippen LogP contribution in [0.5, 0.6) is 0 Å². The highest BCUT2D eigenvalue weighted by molar-refractivity contribution is 5.79. The zero-order chi connectivity index (χ0) is 18.0. The van der Waals surface area contributed by atoms with Gasteiger partial charge in [0, 0.05) is 58.7 Å². The number of aromatic nitrogens is 1. The second kappa shape index (κ2) is 9.99. The molecule has 0 unspecified atom stereocenters. The van der Waals surface area contributed by atoms with Gasteiger partial charge in [-0.1, -0.05) is 24.3 Å². The minimum Gasteiger partial charge on any atom is -0.379 e. The number of nitrogens with zero attached hydrogens (tertiary/aromatic N) is 3. The van der Waals surface area contributed by atoms with Crippen molar-refractivity contribution >= 4 is 5.96 Å². The van der Waals surface area contributed by atoms with Crippen molar-refractivity contribution in [2.45, 2.75) is 19.6 Å². The topological polar surface area (TPSA) is 53.8 Å². The molecule has 2 aromatic rings. The molecule has 0 aliphatic carbocycles. The van der Waals surface area contributed by atoms with E-state index in [9.17, 15) is 0 Å². The fourth-order valence-electron chi connectivity index (χ4n) is 3.11. The van der Waals surface area contributed by atoms with Crippen LogP contribution in [0.25, 0.3) is 0 Å². The van der Waals surface area contributed by atoms with Gasteiger partial charge in [0.05, 0.1) is 13.2 Å². The van der Waals surface area contributed by atoms with E-state index >= 15 is 0 Å². The van der Waals surface area contributed by atoms with Gasteiger partial charge < -0.3 is 19.9 Å². The molecule has 1 aromatic carbocycles. The molecule has 3 rings (SSSR count). The smallest absolute Gasteiger partial charge is 0.191 e. The van der Waals surface area contributed by atoms with E-state index in [0.29, 0.717) is 0 Å². The van der Waals surface area contributed by atoms with E-state index < -0.39 is 0 Å². The predicted molar refractivity (Wildman–Crippen MR) is 105 cm³/mol. The summed E-state index contributed by atoms with van der Waals surface area (Å²) in [5.74, 6) is 0.832. The Balaban J connectivity index is 1.49. The highest BCUT2D eigenvalue weighted by Crippen LogP contribution is 2.12. The van der Waals surface area contributed by atoms with Crippen LogP contribution < -0.4 is 10.6 Å². The minimum absolute atomic E-state index is 0.768. The first-order chi connectivity index (χ1) is 12.8. The molecule has 1 fully saturated rings. The van der Waals surface area contributed by atoms with Crippen molar-refractivity contribution in [3.05, 3.63) is 59.9 Å². The van der Waals surface area contributed by atoms with Gasteiger partial charge in [-0.2, -0.15) is 0 Å². The van der Waals surface area contributed by atoms with E-state index in [1.54, 1.807) is 0 Å². The van der Waals surface area contributed by atoms with E-state index in [4.69, 9.17) is 4.74 Å². The van der Waals surface area contributed by atoms with Crippen LogP contribution in [0.15, 0.2) is 53.8 Å². The van der Waals surface area contributed by atoms with Crippen LogP contribution in [0.3, 0.4) is 0 Å². The SMILES string of the molecule is CN=C(NCCn1cccc1)NCc1ccccc1CN1CCOCC1. The number of rotatable bonds is 7. The molecule has 1 aromatic heterocycles. The Bertz CT molecular complexity index is 677. The van der Waals surface area contributed by atoms with Crippen LogP contribution in [0.4, 0.5) is 0 Å². The van der Waals surface area contributed by atoms with Gasteiger partial charge in [0.2, 0.25) is 0 Å². The maximum Gasteiger partial charge on any atom is 0.191 e. The lowest BCUT2D eigenvalue weighted by atomic mass is 10.1. The van der Waals surface area contributed by atoms with Crippen molar-refractivity contribution in [1.82, 2.24) is 20.1 Å². The number of ether oxygens (including phenoxy) is 1. The maximum absolute atomic E-state index is 5.45. The third kappa shape index (κ3) is 5.61. The van der Waals surface area contributed by atoms with E-state index in [1.165, 1.54) is 11.1 Å². The molecule has 1 aliphatic rings. The summed E-state index contributed by atoms with van der Waals surface area (Å²) in [7, 11) is 1.81. The van der Waals surface area contributed by atoms with E-state index in [0.717, 1.165) is 58.4 Å². The molecule has 0 bridgehead atoms. The fourth-order valence-corrected chi connectivity index (χ4v) is 3.11. The number of guanidine groups is 1. The summed E-state index contributed by atoms with van der Waals surface area (Å²) >= 11 is 0. The molecule has 0 saturated carbocycles. The van der Waals surface area contributed by atoms with Crippen LogP contribution in [0, 0.1) is 0 Å². The van der Waals surface area contributed by atoms with Gasteiger partial charge in [-0.3, -0.25) is 9.89 Å². The van der Waals surface area contributed by atoms with E-state index in [1.807, 2.05) is 19.2 Å². The lowest BCUT2D eigenvalue weighted by Gasteiger charge is -2.27. The van der Waals surface area contributed by atoms with E-state index in [2.05, 4.69) is 61.8 Å². The van der Waals surface area contributed by atoms with E-state index in [-0.39, 0.29) is 0 Å². The number of aliphatic imine (C=N–C) groups is 1. The number of hydrogen-bond acceptors (Lipinski definition) is 3. The standard InChI is InChI=1S/C20H29N5O/c1-21-20(22-8-11-24-9-4-5-10-24)23-16-18-6-2-3-7-19(18)17-25-12-14-26-15-13-25/h2-7,9-10H,8,11-17H2,1H3,(H2,21,22,23). The van der Waals surface area contributed by atoms with Crippen molar-refractivity contribution in [1.29, 1.82) is 0 Å². The highest BCUT2D eigenvalue weighted by Gasteiger charge is 2.12. The van der Waals surface area contributed by atoms with Crippen molar-refractivity contribution < 1.29 is 4.74 Å². The summed E-state index contributed by atoms with van der Waals surface area (Å²) in [5, 5.41) is 6.80. The number of hydrogen-bond donors (Lipinski definition) is 2. The van der Waals surface area contributed by atoms with Crippen LogP contribution in [0.2, 0.25) is 0 Å². The lowest BCUT2D eigenvalue weighted by molar-refractivity contribution is 0.0341. The molecule has 6 nitrogen and oxygen atoms in total. The third-order valence-electron chi connectivity index (χ3n) is 4.61. The predicted octanol–water partition coefficient (Wildman–Crippen LogP) is 1.69. The van der Waals surface area contributed by atoms with Crippen LogP contribution in [0.1, 0.15) is 11.1 Å². The first-order valence-corrected chi connectivity index (χ1v) is 9.27. The molecule has 0 amide bonds. The zero-order valence-corrected chi connectivity index (χ0v) is 15.5. The average molecular weight is 355 g/mol. The first-order valence-electron chi connectivity index (χ1n) is 9.27. The molecule has 26 heavy (non-hydrogen) atoms. The molecule has 1 saturated heterocycles. The van der Waals surface area contributed by atoms with Gasteiger partial charge in [0.15, 0.2) is 5.96 Å². The lowest BCUT2D eigenvalue weighted by Crippen LogP contribution is -2.39. The van der Waals surface area contributed by atoms with Crippen molar-refractivity contribution in [2.24, 2.45) is 4.99 Å². The van der Waals surface area contributed by atoms with Crippen LogP contribution >= 0.6 is 0 Å². The average Bonchev–Trinajstić information content (AvgIpc) is 3.20. The summed E-state index contributed by atoms with van der Waals surface area (Å²) in [6.07, 6.45) is 4.14. The van der Waals surface area contributed by atoms with Crippen molar-refractivity contribution in [3.8, 4) is 0 Å². The molecule has 2 N–H and O–H groups in total. The largest absolute Gasteiger partial charge is 0.379 e. The molecule has 0 radical (unpaired) electrons. The van der Waals surface area contributed by atoms with Crippen molar-refractivity contribution in [3.63, 3.8) is 0 Å². The zero-order valence-electron chi connectivity index (χ0n) is 15.5. The molecule has 0 spiro atoms. The highest BCUT2D eigenvalue weighted by atomic mass is 16.5. The molecule has 2 heterocycles. The number of benzene rings is 1. The Hall–Kier alpha value is -2.31. The van der Waals surface area contributed by atoms with Gasteiger partial charge in [-0.15, -0.1) is 0 Å². The molecular weight excluding hydrogens is 326 g/mol. The summed E-state index contributed by atoms with van der Waals surface area (Å²) in [6.45, 7) is 7.17. The third-order valence-corrected chi connectivity index (χ3v) is 4.61. The van der Waals surface area contributed by atoms with Gasteiger partial charge in [-0.25, -0.2) is 0 Å². The monoisotopic (exact) mass is 355 g/mol. The van der Waals surface area contributed by atoms with Gasteiger partial charge in [0.1, 0.15) is 0 Å². The molecule has 6 heteroatoms. The van der Waals surface area contributed by atoms with Gasteiger partial charge >= 0.3 is 0 Å². The Morgan fingerprint density at radius 2 is 1.77 bits per heavy atom. The minimum atomic E-state index is 0.768. The molecule has 140 valence electrons. The van der Waals surface area contributed by atoms with Gasteiger partial charge in [0.25, 0.3) is 0 Å². The number of morpholine rings is 1. The quantitative estimate of drug-likeness (QED) is 0.586. The van der Waals surface area contributed by atoms with Crippen LogP contribution in [-0.4, -0.2) is 55.3 Å². The number of nitrogens with one attached hydrogen (secondary N) is 2. The Kier molecular flexibility index (Phi) is 7.10. The van der Waals surface area contributed by atoms with Crippen molar-refractivity contribution in [2.75, 3.05) is 39.9 Å².